The van der Waals surface area contributed by atoms with Crippen molar-refractivity contribution >= 4 is 17.5 Å². The molecular weight excluding hydrogens is 466 g/mol. The number of unbranched alkanes of at least 4 members (excludes halogenated alkanes) is 1. The molecule has 2 saturated carbocycles. The molecule has 2 aromatic rings. The van der Waals surface area contributed by atoms with Crippen molar-refractivity contribution in [3.05, 3.63) is 46.4 Å². The van der Waals surface area contributed by atoms with Crippen LogP contribution in [0, 0.1) is 5.92 Å². The molecule has 2 fully saturated rings. The smallest absolute Gasteiger partial charge is 0.276 e. The Morgan fingerprint density at radius 1 is 1.20 bits per heavy atom. The second-order valence-electron chi connectivity index (χ2n) is 9.93. The number of nitrogens with zero attached hydrogens (tertiary/aromatic N) is 3. The molecule has 2 N–H and O–H groups in total. The number of ether oxygens (including phenoxy) is 1. The average Bonchev–Trinajstić information content (AvgIpc) is 3.54. The molecule has 8 heteroatoms. The van der Waals surface area contributed by atoms with Crippen LogP contribution in [0.15, 0.2) is 24.3 Å². The molecular formula is C27H36ClN3O4. The minimum absolute atomic E-state index is 0.0397. The van der Waals surface area contributed by atoms with Crippen LogP contribution in [0.1, 0.15) is 80.2 Å². The number of hydrogen-bond donors (Lipinski definition) is 2. The minimum Gasteiger partial charge on any atom is -0.491 e. The molecule has 1 amide bonds. The SMILES string of the molecule is CCCCOc1c(O)nc(CC2(c3ccc(Cl)cc3)CCCC2)nc1C(=O)N(CCO)CC1CC1. The summed E-state index contributed by atoms with van der Waals surface area (Å²) in [5, 5.41) is 21.1. The van der Waals surface area contributed by atoms with Crippen molar-refractivity contribution in [1.29, 1.82) is 0 Å². The second-order valence-corrected chi connectivity index (χ2v) is 10.4. The number of carbonyl (C=O) groups is 1. The zero-order valence-electron chi connectivity index (χ0n) is 20.5. The molecule has 35 heavy (non-hydrogen) atoms. The van der Waals surface area contributed by atoms with Crippen LogP contribution >= 0.6 is 11.6 Å². The summed E-state index contributed by atoms with van der Waals surface area (Å²) >= 11 is 6.13. The van der Waals surface area contributed by atoms with E-state index in [1.807, 2.05) is 19.1 Å². The lowest BCUT2D eigenvalue weighted by Crippen LogP contribution is -2.36. The highest BCUT2D eigenvalue weighted by Crippen LogP contribution is 2.44. The Hall–Kier alpha value is -2.38. The van der Waals surface area contributed by atoms with Crippen molar-refractivity contribution in [1.82, 2.24) is 14.9 Å². The van der Waals surface area contributed by atoms with E-state index < -0.39 is 0 Å². The van der Waals surface area contributed by atoms with Gasteiger partial charge in [-0.25, -0.2) is 4.98 Å². The first kappa shape index (κ1) is 25.7. The fourth-order valence-electron chi connectivity index (χ4n) is 5.04. The molecule has 190 valence electrons. The quantitative estimate of drug-likeness (QED) is 0.401. The zero-order valence-corrected chi connectivity index (χ0v) is 21.3. The Morgan fingerprint density at radius 3 is 2.54 bits per heavy atom. The Labute approximate surface area is 212 Å². The summed E-state index contributed by atoms with van der Waals surface area (Å²) in [6, 6.07) is 7.92. The Kier molecular flexibility index (Phi) is 8.50. The van der Waals surface area contributed by atoms with Gasteiger partial charge in [-0.15, -0.1) is 0 Å². The number of carbonyl (C=O) groups excluding carboxylic acids is 1. The highest BCUT2D eigenvalue weighted by Gasteiger charge is 2.38. The molecule has 0 unspecified atom stereocenters. The molecule has 0 saturated heterocycles. The molecule has 0 bridgehead atoms. The van der Waals surface area contributed by atoms with Crippen molar-refractivity contribution in [2.45, 2.75) is 70.1 Å². The van der Waals surface area contributed by atoms with Crippen LogP contribution in [0.4, 0.5) is 0 Å². The van der Waals surface area contributed by atoms with Gasteiger partial charge < -0.3 is 19.8 Å². The van der Waals surface area contributed by atoms with Gasteiger partial charge in [0, 0.05) is 29.9 Å². The van der Waals surface area contributed by atoms with Gasteiger partial charge in [0.05, 0.1) is 13.2 Å². The van der Waals surface area contributed by atoms with E-state index in [0.717, 1.165) is 51.4 Å². The summed E-state index contributed by atoms with van der Waals surface area (Å²) in [7, 11) is 0. The van der Waals surface area contributed by atoms with Gasteiger partial charge in [0.15, 0.2) is 5.69 Å². The first-order valence-electron chi connectivity index (χ1n) is 12.8. The first-order valence-corrected chi connectivity index (χ1v) is 13.2. The molecule has 0 spiro atoms. The Balaban J connectivity index is 1.68. The third kappa shape index (κ3) is 6.25. The van der Waals surface area contributed by atoms with Crippen LogP contribution < -0.4 is 4.74 Å². The van der Waals surface area contributed by atoms with Crippen molar-refractivity contribution < 1.29 is 19.7 Å². The summed E-state index contributed by atoms with van der Waals surface area (Å²) in [4.78, 5) is 24.3. The number of aliphatic hydroxyl groups excluding tert-OH is 1. The lowest BCUT2D eigenvalue weighted by molar-refractivity contribution is 0.0700. The van der Waals surface area contributed by atoms with E-state index in [4.69, 9.17) is 21.3 Å². The van der Waals surface area contributed by atoms with Gasteiger partial charge in [-0.2, -0.15) is 4.98 Å². The van der Waals surface area contributed by atoms with Crippen LogP contribution in [0.25, 0.3) is 0 Å². The summed E-state index contributed by atoms with van der Waals surface area (Å²) < 4.78 is 5.83. The topological polar surface area (TPSA) is 95.8 Å². The molecule has 7 nitrogen and oxygen atoms in total. The fraction of sp³-hybridized carbons (Fsp3) is 0.593. The Morgan fingerprint density at radius 2 is 1.91 bits per heavy atom. The number of benzene rings is 1. The number of amides is 1. The van der Waals surface area contributed by atoms with Crippen LogP contribution in [0.5, 0.6) is 11.6 Å². The number of aromatic nitrogens is 2. The molecule has 1 aromatic carbocycles. The van der Waals surface area contributed by atoms with E-state index in [1.165, 1.54) is 5.56 Å². The largest absolute Gasteiger partial charge is 0.491 e. The zero-order chi connectivity index (χ0) is 24.8. The van der Waals surface area contributed by atoms with E-state index in [0.29, 0.717) is 36.3 Å². The number of hydrogen-bond acceptors (Lipinski definition) is 6. The second kappa shape index (κ2) is 11.6. The average molecular weight is 502 g/mol. The predicted molar refractivity (Wildman–Crippen MR) is 135 cm³/mol. The van der Waals surface area contributed by atoms with Crippen molar-refractivity contribution in [3.63, 3.8) is 0 Å². The molecule has 2 aliphatic rings. The molecule has 0 radical (unpaired) electrons. The lowest BCUT2D eigenvalue weighted by atomic mass is 9.76. The number of rotatable bonds is 12. The maximum absolute atomic E-state index is 13.6. The number of aromatic hydroxyl groups is 1. The van der Waals surface area contributed by atoms with Crippen molar-refractivity contribution in [3.8, 4) is 11.6 Å². The van der Waals surface area contributed by atoms with Gasteiger partial charge in [0.1, 0.15) is 5.82 Å². The monoisotopic (exact) mass is 501 g/mol. The molecule has 1 heterocycles. The highest BCUT2D eigenvalue weighted by atomic mass is 35.5. The van der Waals surface area contributed by atoms with Crippen LogP contribution in [-0.4, -0.2) is 57.3 Å². The third-order valence-corrected chi connectivity index (χ3v) is 7.44. The van der Waals surface area contributed by atoms with E-state index >= 15 is 0 Å². The molecule has 0 atom stereocenters. The maximum atomic E-state index is 13.6. The van der Waals surface area contributed by atoms with Gasteiger partial charge in [-0.05, 0) is 55.7 Å². The van der Waals surface area contributed by atoms with Gasteiger partial charge in [0.2, 0.25) is 5.75 Å². The van der Waals surface area contributed by atoms with Crippen molar-refractivity contribution in [2.75, 3.05) is 26.3 Å². The lowest BCUT2D eigenvalue weighted by Gasteiger charge is -2.29. The van der Waals surface area contributed by atoms with E-state index in [-0.39, 0.29) is 41.8 Å². The van der Waals surface area contributed by atoms with Gasteiger partial charge in [0.25, 0.3) is 11.8 Å². The van der Waals surface area contributed by atoms with E-state index in [9.17, 15) is 15.0 Å². The number of aliphatic hydroxyl groups is 1. The van der Waals surface area contributed by atoms with Gasteiger partial charge in [-0.3, -0.25) is 4.79 Å². The van der Waals surface area contributed by atoms with Gasteiger partial charge in [-0.1, -0.05) is 49.9 Å². The summed E-state index contributed by atoms with van der Waals surface area (Å²) in [6.45, 7) is 3.07. The summed E-state index contributed by atoms with van der Waals surface area (Å²) in [5.74, 6) is 0.299. The molecule has 0 aliphatic heterocycles. The molecule has 2 aliphatic carbocycles. The molecule has 4 rings (SSSR count). The normalized spacial score (nSPS) is 16.9. The first-order chi connectivity index (χ1) is 17.0. The van der Waals surface area contributed by atoms with Gasteiger partial charge >= 0.3 is 0 Å². The van der Waals surface area contributed by atoms with Crippen LogP contribution in [0.3, 0.4) is 0 Å². The predicted octanol–water partition coefficient (Wildman–Crippen LogP) is 4.91. The fourth-order valence-corrected chi connectivity index (χ4v) is 5.17. The summed E-state index contributed by atoms with van der Waals surface area (Å²) in [6.07, 6.45) is 8.55. The standard InChI is InChI=1S/C27H36ClN3O4/c1-2-3-16-35-24-23(26(34)31(14-15-32)18-19-6-7-19)29-22(30-25(24)33)17-27(12-4-5-13-27)20-8-10-21(28)11-9-20/h8-11,19,32H,2-7,12-18H2,1H3,(H,29,30,33). The Bertz CT molecular complexity index is 1000. The van der Waals surface area contributed by atoms with E-state index in [1.54, 1.807) is 4.90 Å². The molecule has 1 aromatic heterocycles. The minimum atomic E-state index is -0.330. The van der Waals surface area contributed by atoms with E-state index in [2.05, 4.69) is 17.1 Å². The summed E-state index contributed by atoms with van der Waals surface area (Å²) in [5.41, 5.74) is 1.09. The number of halogens is 1. The van der Waals surface area contributed by atoms with Crippen LogP contribution in [-0.2, 0) is 11.8 Å². The van der Waals surface area contributed by atoms with Crippen molar-refractivity contribution in [2.24, 2.45) is 5.92 Å². The maximum Gasteiger partial charge on any atom is 0.276 e. The highest BCUT2D eigenvalue weighted by molar-refractivity contribution is 6.30. The van der Waals surface area contributed by atoms with Crippen LogP contribution in [0.2, 0.25) is 5.02 Å². The third-order valence-electron chi connectivity index (χ3n) is 7.19.